The first-order chi connectivity index (χ1) is 9.24. The van der Waals surface area contributed by atoms with Crippen molar-refractivity contribution < 1.29 is 0 Å². The van der Waals surface area contributed by atoms with Gasteiger partial charge in [0.2, 0.25) is 0 Å². The minimum atomic E-state index is 0.734. The Morgan fingerprint density at radius 2 is 2.21 bits per heavy atom. The van der Waals surface area contributed by atoms with E-state index in [4.69, 9.17) is 0 Å². The molecular weight excluding hydrogens is 302 g/mol. The van der Waals surface area contributed by atoms with Crippen LogP contribution in [0.1, 0.15) is 45.1 Å². The van der Waals surface area contributed by atoms with Crippen LogP contribution in [0.25, 0.3) is 0 Å². The topological polar surface area (TPSA) is 28.2 Å². The molecule has 0 spiro atoms. The van der Waals surface area contributed by atoms with Gasteiger partial charge in [0.25, 0.3) is 0 Å². The van der Waals surface area contributed by atoms with E-state index in [0.717, 1.165) is 36.0 Å². The van der Waals surface area contributed by atoms with E-state index in [1.165, 1.54) is 31.2 Å². The number of unbranched alkanes of at least 4 members (excludes halogenated alkanes) is 1. The van der Waals surface area contributed by atoms with Crippen LogP contribution in [0.4, 0.5) is 5.82 Å². The first-order valence-corrected chi connectivity index (χ1v) is 8.16. The van der Waals surface area contributed by atoms with Crippen molar-refractivity contribution >= 4 is 21.7 Å². The molecule has 19 heavy (non-hydrogen) atoms. The number of aromatic nitrogens is 1. The van der Waals surface area contributed by atoms with Crippen molar-refractivity contribution in [2.75, 3.05) is 18.0 Å². The molecule has 0 radical (unpaired) electrons. The highest BCUT2D eigenvalue weighted by Crippen LogP contribution is 2.24. The van der Waals surface area contributed by atoms with Gasteiger partial charge in [0.15, 0.2) is 0 Å². The number of rotatable bonds is 8. The number of nitrogens with zero attached hydrogens (tertiary/aromatic N) is 2. The van der Waals surface area contributed by atoms with Gasteiger partial charge < -0.3 is 10.2 Å². The van der Waals surface area contributed by atoms with Crippen molar-refractivity contribution in [2.24, 2.45) is 0 Å². The van der Waals surface area contributed by atoms with Gasteiger partial charge >= 0.3 is 0 Å². The standard InChI is InChI=1S/C15H24BrN3/c1-3-5-8-19(4-2)15-12(9-13(16)11-18-15)10-17-14-6-7-14/h9,11,14,17H,3-8,10H2,1-2H3. The number of hydrogen-bond acceptors (Lipinski definition) is 3. The van der Waals surface area contributed by atoms with Crippen LogP contribution in [-0.4, -0.2) is 24.1 Å². The van der Waals surface area contributed by atoms with Gasteiger partial charge in [-0.1, -0.05) is 13.3 Å². The molecule has 1 aliphatic rings. The fourth-order valence-corrected chi connectivity index (χ4v) is 2.57. The lowest BCUT2D eigenvalue weighted by atomic mass is 10.2. The summed E-state index contributed by atoms with van der Waals surface area (Å²) in [5.41, 5.74) is 1.30. The van der Waals surface area contributed by atoms with Crippen molar-refractivity contribution in [3.63, 3.8) is 0 Å². The molecule has 3 nitrogen and oxygen atoms in total. The van der Waals surface area contributed by atoms with E-state index in [-0.39, 0.29) is 0 Å². The highest BCUT2D eigenvalue weighted by Gasteiger charge is 2.21. The van der Waals surface area contributed by atoms with Crippen LogP contribution in [0.15, 0.2) is 16.7 Å². The predicted octanol–water partition coefficient (Wildman–Crippen LogP) is 3.72. The second-order valence-corrected chi connectivity index (χ2v) is 6.14. The zero-order valence-electron chi connectivity index (χ0n) is 12.0. The van der Waals surface area contributed by atoms with E-state index < -0.39 is 0 Å². The van der Waals surface area contributed by atoms with E-state index in [2.05, 4.69) is 51.0 Å². The Morgan fingerprint density at radius 3 is 2.84 bits per heavy atom. The molecule has 1 heterocycles. The van der Waals surface area contributed by atoms with E-state index in [1.54, 1.807) is 0 Å². The van der Waals surface area contributed by atoms with Crippen molar-refractivity contribution in [3.8, 4) is 0 Å². The molecule has 106 valence electrons. The fraction of sp³-hybridized carbons (Fsp3) is 0.667. The molecule has 0 amide bonds. The summed E-state index contributed by atoms with van der Waals surface area (Å²) in [5.74, 6) is 1.15. The van der Waals surface area contributed by atoms with E-state index in [0.29, 0.717) is 0 Å². The summed E-state index contributed by atoms with van der Waals surface area (Å²) in [5, 5.41) is 3.59. The van der Waals surface area contributed by atoms with Crippen LogP contribution in [0.5, 0.6) is 0 Å². The molecule has 0 aromatic carbocycles. The van der Waals surface area contributed by atoms with E-state index >= 15 is 0 Å². The monoisotopic (exact) mass is 325 g/mol. The second kappa shape index (κ2) is 7.25. The SMILES string of the molecule is CCCCN(CC)c1ncc(Br)cc1CNC1CC1. The van der Waals surface area contributed by atoms with Crippen molar-refractivity contribution in [1.82, 2.24) is 10.3 Å². The summed E-state index contributed by atoms with van der Waals surface area (Å²) >= 11 is 3.53. The van der Waals surface area contributed by atoms with Crippen LogP contribution in [0, 0.1) is 0 Å². The first-order valence-electron chi connectivity index (χ1n) is 7.37. The van der Waals surface area contributed by atoms with Crippen LogP contribution in [-0.2, 0) is 6.54 Å². The van der Waals surface area contributed by atoms with Crippen LogP contribution in [0.2, 0.25) is 0 Å². The Hall–Kier alpha value is -0.610. The average Bonchev–Trinajstić information content (AvgIpc) is 3.23. The van der Waals surface area contributed by atoms with Gasteiger partial charge in [0.1, 0.15) is 5.82 Å². The average molecular weight is 326 g/mol. The highest BCUT2D eigenvalue weighted by molar-refractivity contribution is 9.10. The number of halogens is 1. The molecular formula is C15H24BrN3. The molecule has 1 aromatic heterocycles. The number of pyridine rings is 1. The Labute approximate surface area is 124 Å². The maximum absolute atomic E-state index is 4.64. The maximum atomic E-state index is 4.64. The number of nitrogens with one attached hydrogen (secondary N) is 1. The molecule has 0 unspecified atom stereocenters. The molecule has 0 saturated heterocycles. The molecule has 0 bridgehead atoms. The maximum Gasteiger partial charge on any atom is 0.133 e. The largest absolute Gasteiger partial charge is 0.357 e. The highest BCUT2D eigenvalue weighted by atomic mass is 79.9. The fourth-order valence-electron chi connectivity index (χ4n) is 2.19. The quantitative estimate of drug-likeness (QED) is 0.789. The summed E-state index contributed by atoms with van der Waals surface area (Å²) in [6.45, 7) is 7.48. The number of anilines is 1. The lowest BCUT2D eigenvalue weighted by Gasteiger charge is -2.24. The normalized spacial score (nSPS) is 14.7. The van der Waals surface area contributed by atoms with Gasteiger partial charge in [-0.25, -0.2) is 4.98 Å². The third-order valence-corrected chi connectivity index (χ3v) is 3.96. The smallest absolute Gasteiger partial charge is 0.133 e. The minimum Gasteiger partial charge on any atom is -0.357 e. The Balaban J connectivity index is 2.10. The number of hydrogen-bond donors (Lipinski definition) is 1. The molecule has 2 rings (SSSR count). The minimum absolute atomic E-state index is 0.734. The molecule has 1 aromatic rings. The summed E-state index contributed by atoms with van der Waals surface area (Å²) in [6.07, 6.45) is 7.00. The summed E-state index contributed by atoms with van der Waals surface area (Å²) < 4.78 is 1.07. The van der Waals surface area contributed by atoms with Crippen LogP contribution >= 0.6 is 15.9 Å². The molecule has 1 saturated carbocycles. The molecule has 1 N–H and O–H groups in total. The summed E-state index contributed by atoms with van der Waals surface area (Å²) in [6, 6.07) is 2.93. The molecule has 1 aliphatic carbocycles. The summed E-state index contributed by atoms with van der Waals surface area (Å²) in [7, 11) is 0. The molecule has 1 fully saturated rings. The Kier molecular flexibility index (Phi) is 5.64. The van der Waals surface area contributed by atoms with Gasteiger partial charge in [-0.15, -0.1) is 0 Å². The molecule has 0 atom stereocenters. The Morgan fingerprint density at radius 1 is 1.42 bits per heavy atom. The first kappa shape index (κ1) is 14.8. The van der Waals surface area contributed by atoms with Gasteiger partial charge in [-0.2, -0.15) is 0 Å². The van der Waals surface area contributed by atoms with Crippen molar-refractivity contribution in [2.45, 2.75) is 52.1 Å². The van der Waals surface area contributed by atoms with Gasteiger partial charge in [-0.05, 0) is 48.2 Å². The predicted molar refractivity (Wildman–Crippen MR) is 84.6 cm³/mol. The zero-order chi connectivity index (χ0) is 13.7. The van der Waals surface area contributed by atoms with E-state index in [9.17, 15) is 0 Å². The molecule has 4 heteroatoms. The zero-order valence-corrected chi connectivity index (χ0v) is 13.5. The van der Waals surface area contributed by atoms with E-state index in [1.807, 2.05) is 6.20 Å². The van der Waals surface area contributed by atoms with Gasteiger partial charge in [0.05, 0.1) is 0 Å². The van der Waals surface area contributed by atoms with Crippen LogP contribution < -0.4 is 10.2 Å². The lowest BCUT2D eigenvalue weighted by molar-refractivity contribution is 0.673. The molecule has 0 aliphatic heterocycles. The van der Waals surface area contributed by atoms with Crippen LogP contribution in [0.3, 0.4) is 0 Å². The van der Waals surface area contributed by atoms with Crippen molar-refractivity contribution in [3.05, 3.63) is 22.3 Å². The Bertz CT molecular complexity index is 404. The van der Waals surface area contributed by atoms with Gasteiger partial charge in [0, 0.05) is 41.9 Å². The summed E-state index contributed by atoms with van der Waals surface area (Å²) in [4.78, 5) is 7.03. The third-order valence-electron chi connectivity index (χ3n) is 3.53. The van der Waals surface area contributed by atoms with Crippen molar-refractivity contribution in [1.29, 1.82) is 0 Å². The lowest BCUT2D eigenvalue weighted by Crippen LogP contribution is -2.27. The second-order valence-electron chi connectivity index (χ2n) is 5.22. The third kappa shape index (κ3) is 4.46. The van der Waals surface area contributed by atoms with Gasteiger partial charge in [-0.3, -0.25) is 0 Å².